The molecule has 0 saturated carbocycles. The van der Waals surface area contributed by atoms with Crippen LogP contribution in [0.15, 0.2) is 42.5 Å². The van der Waals surface area contributed by atoms with Gasteiger partial charge < -0.3 is 10.5 Å². The highest BCUT2D eigenvalue weighted by atomic mass is 19.1. The zero-order chi connectivity index (χ0) is 14.1. The molecule has 2 aromatic carbocycles. The van der Waals surface area contributed by atoms with Crippen LogP contribution in [0.4, 0.5) is 4.39 Å². The van der Waals surface area contributed by atoms with E-state index < -0.39 is 0 Å². The van der Waals surface area contributed by atoms with Crippen molar-refractivity contribution in [3.8, 4) is 5.75 Å². The Kier molecular flexibility index (Phi) is 3.45. The fourth-order valence-corrected chi connectivity index (χ4v) is 3.15. The summed E-state index contributed by atoms with van der Waals surface area (Å²) in [6.07, 6.45) is 2.03. The summed E-state index contributed by atoms with van der Waals surface area (Å²) in [5.74, 6) is 0.604. The standard InChI is InChI=1S/C17H18FNO/c1-20-16-9-7-12(18)10-15(16)17(19)14-8-6-11-4-2-3-5-13(11)14/h2-5,7,9-10,14,17H,6,8,19H2,1H3. The van der Waals surface area contributed by atoms with Crippen LogP contribution in [-0.4, -0.2) is 7.11 Å². The molecule has 2 nitrogen and oxygen atoms in total. The summed E-state index contributed by atoms with van der Waals surface area (Å²) >= 11 is 0. The number of aryl methyl sites for hydroxylation is 1. The summed E-state index contributed by atoms with van der Waals surface area (Å²) in [6, 6.07) is 12.6. The third-order valence-corrected chi connectivity index (χ3v) is 4.16. The second kappa shape index (κ2) is 5.25. The lowest BCUT2D eigenvalue weighted by molar-refractivity contribution is 0.398. The molecule has 0 radical (unpaired) electrons. The van der Waals surface area contributed by atoms with Gasteiger partial charge in [0.05, 0.1) is 7.11 Å². The lowest BCUT2D eigenvalue weighted by Crippen LogP contribution is -2.19. The molecule has 2 unspecified atom stereocenters. The fourth-order valence-electron chi connectivity index (χ4n) is 3.15. The number of methoxy groups -OCH3 is 1. The topological polar surface area (TPSA) is 35.2 Å². The molecule has 2 aromatic rings. The van der Waals surface area contributed by atoms with E-state index in [0.717, 1.165) is 18.4 Å². The lowest BCUT2D eigenvalue weighted by Gasteiger charge is -2.22. The highest BCUT2D eigenvalue weighted by Crippen LogP contribution is 2.42. The van der Waals surface area contributed by atoms with Crippen LogP contribution < -0.4 is 10.5 Å². The molecule has 1 aliphatic carbocycles. The van der Waals surface area contributed by atoms with Crippen LogP contribution in [0.1, 0.15) is 35.1 Å². The quantitative estimate of drug-likeness (QED) is 0.926. The largest absolute Gasteiger partial charge is 0.496 e. The van der Waals surface area contributed by atoms with Crippen LogP contribution in [0.25, 0.3) is 0 Å². The van der Waals surface area contributed by atoms with Gasteiger partial charge in [-0.2, -0.15) is 0 Å². The number of fused-ring (bicyclic) bond motifs is 1. The van der Waals surface area contributed by atoms with Crippen LogP contribution in [-0.2, 0) is 6.42 Å². The zero-order valence-electron chi connectivity index (χ0n) is 11.5. The van der Waals surface area contributed by atoms with Crippen molar-refractivity contribution in [2.75, 3.05) is 7.11 Å². The fraction of sp³-hybridized carbons (Fsp3) is 0.294. The van der Waals surface area contributed by atoms with E-state index in [1.165, 1.54) is 23.3 Å². The number of hydrogen-bond donors (Lipinski definition) is 1. The van der Waals surface area contributed by atoms with E-state index in [0.29, 0.717) is 5.75 Å². The Labute approximate surface area is 118 Å². The average Bonchev–Trinajstić information content (AvgIpc) is 2.90. The maximum absolute atomic E-state index is 13.5. The van der Waals surface area contributed by atoms with Gasteiger partial charge in [0.15, 0.2) is 0 Å². The molecule has 3 heteroatoms. The Morgan fingerprint density at radius 3 is 2.85 bits per heavy atom. The van der Waals surface area contributed by atoms with Crippen molar-refractivity contribution >= 4 is 0 Å². The molecule has 0 spiro atoms. The van der Waals surface area contributed by atoms with Crippen molar-refractivity contribution in [2.24, 2.45) is 5.73 Å². The lowest BCUT2D eigenvalue weighted by atomic mass is 9.88. The molecule has 2 atom stereocenters. The van der Waals surface area contributed by atoms with Crippen molar-refractivity contribution in [3.63, 3.8) is 0 Å². The molecule has 0 saturated heterocycles. The van der Waals surface area contributed by atoms with Gasteiger partial charge in [0.1, 0.15) is 11.6 Å². The minimum absolute atomic E-state index is 0.224. The predicted octanol–water partition coefficient (Wildman–Crippen LogP) is 3.56. The van der Waals surface area contributed by atoms with E-state index in [1.54, 1.807) is 13.2 Å². The van der Waals surface area contributed by atoms with Gasteiger partial charge in [-0.25, -0.2) is 4.39 Å². The normalized spacial score (nSPS) is 18.6. The molecule has 0 amide bonds. The van der Waals surface area contributed by atoms with Gasteiger partial charge in [0.2, 0.25) is 0 Å². The molecule has 0 heterocycles. The monoisotopic (exact) mass is 271 g/mol. The van der Waals surface area contributed by atoms with Crippen LogP contribution in [0.2, 0.25) is 0 Å². The second-order valence-electron chi connectivity index (χ2n) is 5.26. The van der Waals surface area contributed by atoms with Crippen molar-refractivity contribution in [3.05, 3.63) is 65.0 Å². The number of benzene rings is 2. The SMILES string of the molecule is COc1ccc(F)cc1C(N)C1CCc2ccccc21. The predicted molar refractivity (Wildman–Crippen MR) is 77.4 cm³/mol. The summed E-state index contributed by atoms with van der Waals surface area (Å²) in [4.78, 5) is 0. The Morgan fingerprint density at radius 2 is 2.05 bits per heavy atom. The van der Waals surface area contributed by atoms with Gasteiger partial charge in [0.25, 0.3) is 0 Å². The number of rotatable bonds is 3. The first kappa shape index (κ1) is 13.1. The van der Waals surface area contributed by atoms with Gasteiger partial charge in [0, 0.05) is 17.5 Å². The summed E-state index contributed by atoms with van der Waals surface area (Å²) < 4.78 is 18.8. The smallest absolute Gasteiger partial charge is 0.123 e. The molecule has 0 bridgehead atoms. The van der Waals surface area contributed by atoms with Gasteiger partial charge in [-0.05, 0) is 42.2 Å². The van der Waals surface area contributed by atoms with Gasteiger partial charge in [-0.3, -0.25) is 0 Å². The number of hydrogen-bond acceptors (Lipinski definition) is 2. The molecular weight excluding hydrogens is 253 g/mol. The Morgan fingerprint density at radius 1 is 1.25 bits per heavy atom. The van der Waals surface area contributed by atoms with Gasteiger partial charge in [-0.1, -0.05) is 24.3 Å². The van der Waals surface area contributed by atoms with E-state index in [-0.39, 0.29) is 17.8 Å². The second-order valence-corrected chi connectivity index (χ2v) is 5.26. The third kappa shape index (κ3) is 2.18. The summed E-state index contributed by atoms with van der Waals surface area (Å²) in [6.45, 7) is 0. The molecule has 0 fully saturated rings. The van der Waals surface area contributed by atoms with E-state index in [1.807, 2.05) is 6.07 Å². The molecular formula is C17H18FNO. The molecule has 20 heavy (non-hydrogen) atoms. The molecule has 1 aliphatic rings. The van der Waals surface area contributed by atoms with E-state index in [2.05, 4.69) is 18.2 Å². The van der Waals surface area contributed by atoms with Gasteiger partial charge >= 0.3 is 0 Å². The highest BCUT2D eigenvalue weighted by molar-refractivity contribution is 5.42. The Balaban J connectivity index is 1.98. The third-order valence-electron chi connectivity index (χ3n) is 4.16. The van der Waals surface area contributed by atoms with E-state index in [9.17, 15) is 4.39 Å². The Hall–Kier alpha value is -1.87. The maximum Gasteiger partial charge on any atom is 0.123 e. The molecule has 104 valence electrons. The zero-order valence-corrected chi connectivity index (χ0v) is 11.5. The van der Waals surface area contributed by atoms with Crippen molar-refractivity contribution in [2.45, 2.75) is 24.8 Å². The first-order chi connectivity index (χ1) is 9.70. The molecule has 3 rings (SSSR count). The summed E-state index contributed by atoms with van der Waals surface area (Å²) in [5.41, 5.74) is 9.79. The van der Waals surface area contributed by atoms with Crippen LogP contribution in [0, 0.1) is 5.82 Å². The number of nitrogens with two attached hydrogens (primary N) is 1. The maximum atomic E-state index is 13.5. The van der Waals surface area contributed by atoms with Crippen molar-refractivity contribution in [1.29, 1.82) is 0 Å². The van der Waals surface area contributed by atoms with E-state index >= 15 is 0 Å². The van der Waals surface area contributed by atoms with Crippen LogP contribution >= 0.6 is 0 Å². The molecule has 2 N–H and O–H groups in total. The summed E-state index contributed by atoms with van der Waals surface area (Å²) in [5, 5.41) is 0. The molecule has 0 aliphatic heterocycles. The van der Waals surface area contributed by atoms with Crippen molar-refractivity contribution < 1.29 is 9.13 Å². The minimum Gasteiger partial charge on any atom is -0.496 e. The Bertz CT molecular complexity index is 626. The van der Waals surface area contributed by atoms with Crippen LogP contribution in [0.5, 0.6) is 5.75 Å². The minimum atomic E-state index is -0.275. The molecule has 0 aromatic heterocycles. The first-order valence-electron chi connectivity index (χ1n) is 6.87. The van der Waals surface area contributed by atoms with E-state index in [4.69, 9.17) is 10.5 Å². The summed E-state index contributed by atoms with van der Waals surface area (Å²) in [7, 11) is 1.59. The van der Waals surface area contributed by atoms with Crippen molar-refractivity contribution in [1.82, 2.24) is 0 Å². The van der Waals surface area contributed by atoms with Gasteiger partial charge in [-0.15, -0.1) is 0 Å². The number of ether oxygens (including phenoxy) is 1. The first-order valence-corrected chi connectivity index (χ1v) is 6.87. The highest BCUT2D eigenvalue weighted by Gasteiger charge is 2.29. The number of halogens is 1. The average molecular weight is 271 g/mol. The van der Waals surface area contributed by atoms with Crippen LogP contribution in [0.3, 0.4) is 0 Å².